The van der Waals surface area contributed by atoms with E-state index in [1.807, 2.05) is 6.07 Å². The molecule has 0 aliphatic heterocycles. The van der Waals surface area contributed by atoms with Crippen LogP contribution in [-0.2, 0) is 15.9 Å². The Morgan fingerprint density at radius 3 is 2.39 bits per heavy atom. The van der Waals surface area contributed by atoms with Crippen LogP contribution in [0.2, 0.25) is 0 Å². The minimum Gasteiger partial charge on any atom is -0.399 e. The number of benzene rings is 2. The molecule has 0 bridgehead atoms. The molecule has 0 atom stereocenters. The molecule has 0 aliphatic rings. The topological polar surface area (TPSA) is 69.4 Å². The highest BCUT2D eigenvalue weighted by Crippen LogP contribution is 2.18. The van der Waals surface area contributed by atoms with Crippen molar-refractivity contribution < 1.29 is 12.6 Å². The maximum atomic E-state index is 11.8. The van der Waals surface area contributed by atoms with Gasteiger partial charge in [0.25, 0.3) is 0 Å². The Morgan fingerprint density at radius 1 is 1.00 bits per heavy atom. The second-order valence-electron chi connectivity index (χ2n) is 3.84. The third kappa shape index (κ3) is 3.49. The lowest BCUT2D eigenvalue weighted by Gasteiger charge is -2.07. The predicted molar refractivity (Wildman–Crippen MR) is 70.5 cm³/mol. The Kier molecular flexibility index (Phi) is 3.53. The van der Waals surface area contributed by atoms with Gasteiger partial charge >= 0.3 is 10.1 Å². The molecule has 5 heteroatoms. The second-order valence-corrected chi connectivity index (χ2v) is 5.41. The first kappa shape index (κ1) is 12.4. The Bertz CT molecular complexity index is 624. The lowest BCUT2D eigenvalue weighted by molar-refractivity contribution is 0.485. The van der Waals surface area contributed by atoms with Crippen molar-refractivity contribution >= 4 is 15.8 Å². The van der Waals surface area contributed by atoms with Crippen LogP contribution in [0.1, 0.15) is 5.56 Å². The van der Waals surface area contributed by atoms with Crippen molar-refractivity contribution in [3.63, 3.8) is 0 Å². The normalized spacial score (nSPS) is 11.1. The van der Waals surface area contributed by atoms with Crippen molar-refractivity contribution in [2.75, 3.05) is 5.73 Å². The second kappa shape index (κ2) is 5.10. The van der Waals surface area contributed by atoms with E-state index in [4.69, 9.17) is 9.92 Å². The smallest absolute Gasteiger partial charge is 0.313 e. The number of hydrogen-bond donors (Lipinski definition) is 1. The molecular formula is C13H13NO3S. The first-order valence-electron chi connectivity index (χ1n) is 5.37. The van der Waals surface area contributed by atoms with Crippen LogP contribution in [0.5, 0.6) is 5.75 Å². The van der Waals surface area contributed by atoms with Crippen molar-refractivity contribution in [1.29, 1.82) is 0 Å². The molecule has 0 fully saturated rings. The Labute approximate surface area is 106 Å². The molecule has 0 heterocycles. The van der Waals surface area contributed by atoms with Crippen molar-refractivity contribution in [1.82, 2.24) is 0 Å². The summed E-state index contributed by atoms with van der Waals surface area (Å²) in [6.07, 6.45) is 0. The molecule has 2 aromatic rings. The van der Waals surface area contributed by atoms with Gasteiger partial charge in [-0.25, -0.2) is 0 Å². The summed E-state index contributed by atoms with van der Waals surface area (Å²) >= 11 is 0. The van der Waals surface area contributed by atoms with E-state index in [0.717, 1.165) is 0 Å². The van der Waals surface area contributed by atoms with E-state index < -0.39 is 10.1 Å². The maximum Gasteiger partial charge on any atom is 0.313 e. The minimum absolute atomic E-state index is 0.164. The number of hydrogen-bond acceptors (Lipinski definition) is 4. The molecule has 0 saturated carbocycles. The van der Waals surface area contributed by atoms with E-state index in [9.17, 15) is 8.42 Å². The fraction of sp³-hybridized carbons (Fsp3) is 0.0769. The molecule has 0 saturated heterocycles. The summed E-state index contributed by atoms with van der Waals surface area (Å²) in [5, 5.41) is 0. The van der Waals surface area contributed by atoms with Crippen LogP contribution in [0.25, 0.3) is 0 Å². The summed E-state index contributed by atoms with van der Waals surface area (Å²) in [6.45, 7) is 0. The summed E-state index contributed by atoms with van der Waals surface area (Å²) in [4.78, 5) is 0. The summed E-state index contributed by atoms with van der Waals surface area (Å²) < 4.78 is 28.6. The van der Waals surface area contributed by atoms with Crippen molar-refractivity contribution in [2.24, 2.45) is 0 Å². The van der Waals surface area contributed by atoms with Gasteiger partial charge < -0.3 is 9.92 Å². The molecule has 0 aliphatic carbocycles. The maximum absolute atomic E-state index is 11.8. The lowest BCUT2D eigenvalue weighted by Crippen LogP contribution is -2.12. The average molecular weight is 263 g/mol. The van der Waals surface area contributed by atoms with E-state index in [-0.39, 0.29) is 11.5 Å². The van der Waals surface area contributed by atoms with Gasteiger partial charge in [0.15, 0.2) is 0 Å². The van der Waals surface area contributed by atoms with Crippen molar-refractivity contribution in [3.05, 3.63) is 60.2 Å². The highest BCUT2D eigenvalue weighted by Gasteiger charge is 2.13. The Morgan fingerprint density at radius 2 is 1.72 bits per heavy atom. The quantitative estimate of drug-likeness (QED) is 0.678. The molecule has 2 N–H and O–H groups in total. The fourth-order valence-electron chi connectivity index (χ4n) is 1.52. The molecule has 4 nitrogen and oxygen atoms in total. The largest absolute Gasteiger partial charge is 0.399 e. The van der Waals surface area contributed by atoms with E-state index >= 15 is 0 Å². The molecule has 0 radical (unpaired) electrons. The van der Waals surface area contributed by atoms with Crippen LogP contribution in [0.15, 0.2) is 54.6 Å². The average Bonchev–Trinajstić information content (AvgIpc) is 2.28. The third-order valence-electron chi connectivity index (χ3n) is 2.27. The summed E-state index contributed by atoms with van der Waals surface area (Å²) in [5.41, 5.74) is 6.70. The summed E-state index contributed by atoms with van der Waals surface area (Å²) in [6, 6.07) is 15.2. The van der Waals surface area contributed by atoms with Crippen LogP contribution in [0.4, 0.5) is 5.69 Å². The zero-order valence-electron chi connectivity index (χ0n) is 9.61. The van der Waals surface area contributed by atoms with Crippen LogP contribution in [0, 0.1) is 0 Å². The Balaban J connectivity index is 2.13. The van der Waals surface area contributed by atoms with Gasteiger partial charge in [-0.2, -0.15) is 8.42 Å². The van der Waals surface area contributed by atoms with Gasteiger partial charge in [-0.15, -0.1) is 0 Å². The highest BCUT2D eigenvalue weighted by atomic mass is 32.2. The fourth-order valence-corrected chi connectivity index (χ4v) is 2.58. The number of nitrogen functional groups attached to an aromatic ring is 1. The molecule has 18 heavy (non-hydrogen) atoms. The SMILES string of the molecule is Nc1cccc(OS(=O)(=O)Cc2ccccc2)c1. The number of anilines is 1. The molecule has 2 rings (SSSR count). The van der Waals surface area contributed by atoms with Crippen LogP contribution in [0.3, 0.4) is 0 Å². The van der Waals surface area contributed by atoms with Crippen LogP contribution >= 0.6 is 0 Å². The standard InChI is InChI=1S/C13H13NO3S/c14-12-7-4-8-13(9-12)17-18(15,16)10-11-5-2-1-3-6-11/h1-9H,10,14H2. The molecule has 2 aromatic carbocycles. The summed E-state index contributed by atoms with van der Waals surface area (Å²) in [7, 11) is -3.66. The molecule has 94 valence electrons. The summed E-state index contributed by atoms with van der Waals surface area (Å²) in [5.74, 6) is 0.0637. The third-order valence-corrected chi connectivity index (χ3v) is 3.40. The van der Waals surface area contributed by atoms with Gasteiger partial charge in [0.1, 0.15) is 11.5 Å². The molecule has 0 amide bonds. The van der Waals surface area contributed by atoms with Gasteiger partial charge in [-0.1, -0.05) is 36.4 Å². The lowest BCUT2D eigenvalue weighted by atomic mass is 10.2. The van der Waals surface area contributed by atoms with Gasteiger partial charge in [0.05, 0.1) is 0 Å². The van der Waals surface area contributed by atoms with Crippen molar-refractivity contribution in [3.8, 4) is 5.75 Å². The van der Waals surface area contributed by atoms with Gasteiger partial charge in [-0.3, -0.25) is 0 Å². The first-order valence-corrected chi connectivity index (χ1v) is 6.94. The molecular weight excluding hydrogens is 250 g/mol. The predicted octanol–water partition coefficient (Wildman–Crippen LogP) is 2.18. The number of rotatable bonds is 4. The number of nitrogens with two attached hydrogens (primary N) is 1. The van der Waals surface area contributed by atoms with Gasteiger partial charge in [0, 0.05) is 11.8 Å². The van der Waals surface area contributed by atoms with Gasteiger partial charge in [-0.05, 0) is 17.7 Å². The highest BCUT2D eigenvalue weighted by molar-refractivity contribution is 7.86. The first-order chi connectivity index (χ1) is 8.55. The molecule has 0 unspecified atom stereocenters. The van der Waals surface area contributed by atoms with E-state index in [0.29, 0.717) is 11.3 Å². The van der Waals surface area contributed by atoms with Gasteiger partial charge in [0.2, 0.25) is 0 Å². The molecule has 0 spiro atoms. The van der Waals surface area contributed by atoms with Crippen molar-refractivity contribution in [2.45, 2.75) is 5.75 Å². The van der Waals surface area contributed by atoms with Crippen LogP contribution in [-0.4, -0.2) is 8.42 Å². The van der Waals surface area contributed by atoms with Crippen LogP contribution < -0.4 is 9.92 Å². The monoisotopic (exact) mass is 263 g/mol. The Hall–Kier alpha value is -2.01. The zero-order valence-corrected chi connectivity index (χ0v) is 10.4. The zero-order chi connectivity index (χ0) is 13.0. The molecule has 0 aromatic heterocycles. The van der Waals surface area contributed by atoms with E-state index in [1.165, 1.54) is 6.07 Å². The van der Waals surface area contributed by atoms with E-state index in [2.05, 4.69) is 0 Å². The van der Waals surface area contributed by atoms with E-state index in [1.54, 1.807) is 42.5 Å². The minimum atomic E-state index is -3.66.